The van der Waals surface area contributed by atoms with Gasteiger partial charge in [-0.25, -0.2) is 13.1 Å². The van der Waals surface area contributed by atoms with Gasteiger partial charge in [0, 0.05) is 6.04 Å². The second kappa shape index (κ2) is 5.74. The molecular weight excluding hydrogens is 260 g/mol. The van der Waals surface area contributed by atoms with E-state index in [1.165, 1.54) is 0 Å². The van der Waals surface area contributed by atoms with E-state index < -0.39 is 10.0 Å². The molecule has 1 heterocycles. The lowest BCUT2D eigenvalue weighted by molar-refractivity contribution is 0.390. The summed E-state index contributed by atoms with van der Waals surface area (Å²) in [4.78, 5) is 0. The summed E-state index contributed by atoms with van der Waals surface area (Å²) in [5.74, 6) is 0.315. The zero-order valence-electron chi connectivity index (χ0n) is 10.2. The van der Waals surface area contributed by atoms with Crippen LogP contribution in [0.2, 0.25) is 0 Å². The molecule has 0 saturated carbocycles. The van der Waals surface area contributed by atoms with Gasteiger partial charge in [0.15, 0.2) is 0 Å². The van der Waals surface area contributed by atoms with Crippen molar-refractivity contribution in [3.05, 3.63) is 0 Å². The number of sulfonamides is 1. The minimum Gasteiger partial charge on any atom is -0.374 e. The van der Waals surface area contributed by atoms with Crippen LogP contribution in [0, 0.1) is 5.92 Å². The predicted molar refractivity (Wildman–Crippen MR) is 68.2 cm³/mol. The molecule has 0 aliphatic heterocycles. The first-order valence-corrected chi connectivity index (χ1v) is 7.82. The van der Waals surface area contributed by atoms with Gasteiger partial charge in [0.25, 0.3) is 10.0 Å². The van der Waals surface area contributed by atoms with E-state index in [-0.39, 0.29) is 15.5 Å². The molecule has 0 spiro atoms. The number of aromatic nitrogens is 2. The van der Waals surface area contributed by atoms with Gasteiger partial charge in [-0.15, -0.1) is 10.2 Å². The first-order chi connectivity index (χ1) is 7.90. The number of nitrogens with two attached hydrogens (primary N) is 1. The van der Waals surface area contributed by atoms with E-state index in [1.807, 2.05) is 20.8 Å². The van der Waals surface area contributed by atoms with Crippen LogP contribution in [0.5, 0.6) is 0 Å². The molecule has 3 N–H and O–H groups in total. The van der Waals surface area contributed by atoms with Crippen molar-refractivity contribution in [1.82, 2.24) is 14.9 Å². The highest BCUT2D eigenvalue weighted by atomic mass is 32.2. The van der Waals surface area contributed by atoms with E-state index in [4.69, 9.17) is 5.73 Å². The molecule has 0 saturated heterocycles. The summed E-state index contributed by atoms with van der Waals surface area (Å²) < 4.78 is 26.4. The Bertz CT molecular complexity index is 453. The van der Waals surface area contributed by atoms with Gasteiger partial charge >= 0.3 is 0 Å². The molecule has 6 nitrogen and oxygen atoms in total. The second-order valence-electron chi connectivity index (χ2n) is 3.89. The highest BCUT2D eigenvalue weighted by Crippen LogP contribution is 2.19. The summed E-state index contributed by atoms with van der Waals surface area (Å²) in [6, 6.07) is -0.125. The van der Waals surface area contributed by atoms with Crippen LogP contribution in [-0.2, 0) is 10.0 Å². The predicted octanol–water partition coefficient (Wildman–Crippen LogP) is 1.22. The molecular formula is C9H18N4O2S2. The molecule has 0 aromatic carbocycles. The lowest BCUT2D eigenvalue weighted by Gasteiger charge is -2.21. The summed E-state index contributed by atoms with van der Waals surface area (Å²) in [5.41, 5.74) is 5.37. The van der Waals surface area contributed by atoms with Crippen LogP contribution in [0.15, 0.2) is 4.34 Å². The largest absolute Gasteiger partial charge is 0.374 e. The van der Waals surface area contributed by atoms with Crippen LogP contribution in [0.3, 0.4) is 0 Å². The number of nitrogens with zero attached hydrogens (tertiary/aromatic N) is 2. The topological polar surface area (TPSA) is 98.0 Å². The van der Waals surface area contributed by atoms with Crippen LogP contribution in [-0.4, -0.2) is 24.7 Å². The Morgan fingerprint density at radius 3 is 2.35 bits per heavy atom. The zero-order chi connectivity index (χ0) is 13.1. The molecule has 1 unspecified atom stereocenters. The lowest BCUT2D eigenvalue weighted by Crippen LogP contribution is -2.37. The van der Waals surface area contributed by atoms with E-state index in [1.54, 1.807) is 0 Å². The summed E-state index contributed by atoms with van der Waals surface area (Å²) in [7, 11) is -3.59. The SMILES string of the molecule is CCC(CC)C(C)NS(=O)(=O)c1nnc(N)s1. The van der Waals surface area contributed by atoms with Crippen LogP contribution in [0.1, 0.15) is 33.6 Å². The van der Waals surface area contributed by atoms with Gasteiger partial charge in [-0.2, -0.15) is 0 Å². The van der Waals surface area contributed by atoms with Crippen molar-refractivity contribution in [2.75, 3.05) is 5.73 Å². The summed E-state index contributed by atoms with van der Waals surface area (Å²) in [6.45, 7) is 5.95. The highest BCUT2D eigenvalue weighted by Gasteiger charge is 2.24. The molecule has 1 rings (SSSR count). The molecule has 0 aliphatic rings. The molecule has 8 heteroatoms. The van der Waals surface area contributed by atoms with Gasteiger partial charge in [-0.05, 0) is 12.8 Å². The molecule has 1 aromatic heterocycles. The van der Waals surface area contributed by atoms with Gasteiger partial charge in [0.1, 0.15) is 0 Å². The molecule has 0 amide bonds. The molecule has 0 bridgehead atoms. The summed E-state index contributed by atoms with van der Waals surface area (Å²) >= 11 is 0.869. The fraction of sp³-hybridized carbons (Fsp3) is 0.778. The average molecular weight is 278 g/mol. The third kappa shape index (κ3) is 3.62. The average Bonchev–Trinajstić information content (AvgIpc) is 2.66. The number of anilines is 1. The van der Waals surface area contributed by atoms with E-state index in [0.29, 0.717) is 5.92 Å². The van der Waals surface area contributed by atoms with E-state index in [2.05, 4.69) is 14.9 Å². The molecule has 17 heavy (non-hydrogen) atoms. The second-order valence-corrected chi connectivity index (χ2v) is 6.79. The van der Waals surface area contributed by atoms with Gasteiger partial charge in [0.2, 0.25) is 9.47 Å². The summed E-state index contributed by atoms with van der Waals surface area (Å²) in [6.07, 6.45) is 1.86. The Hall–Kier alpha value is -0.730. The van der Waals surface area contributed by atoms with Crippen molar-refractivity contribution < 1.29 is 8.42 Å². The van der Waals surface area contributed by atoms with Crippen molar-refractivity contribution >= 4 is 26.5 Å². The maximum atomic E-state index is 11.9. The molecule has 1 atom stereocenters. The van der Waals surface area contributed by atoms with Crippen molar-refractivity contribution in [3.63, 3.8) is 0 Å². The minimum atomic E-state index is -3.59. The van der Waals surface area contributed by atoms with Gasteiger partial charge in [-0.3, -0.25) is 0 Å². The van der Waals surface area contributed by atoms with E-state index >= 15 is 0 Å². The Morgan fingerprint density at radius 2 is 1.94 bits per heavy atom. The first kappa shape index (κ1) is 14.3. The third-order valence-corrected chi connectivity index (χ3v) is 5.43. The monoisotopic (exact) mass is 278 g/mol. The highest BCUT2D eigenvalue weighted by molar-refractivity contribution is 7.91. The van der Waals surface area contributed by atoms with Crippen LogP contribution < -0.4 is 10.5 Å². The van der Waals surface area contributed by atoms with Crippen molar-refractivity contribution in [2.24, 2.45) is 5.92 Å². The number of rotatable bonds is 6. The molecule has 1 aromatic rings. The molecule has 0 fully saturated rings. The van der Waals surface area contributed by atoms with Gasteiger partial charge in [0.05, 0.1) is 0 Å². The Morgan fingerprint density at radius 1 is 1.35 bits per heavy atom. The molecule has 0 aliphatic carbocycles. The van der Waals surface area contributed by atoms with Crippen molar-refractivity contribution in [2.45, 2.75) is 44.0 Å². The Kier molecular flexibility index (Phi) is 4.84. The molecule has 0 radical (unpaired) electrons. The lowest BCUT2D eigenvalue weighted by atomic mass is 9.96. The van der Waals surface area contributed by atoms with Crippen LogP contribution in [0.25, 0.3) is 0 Å². The van der Waals surface area contributed by atoms with E-state index in [0.717, 1.165) is 24.2 Å². The number of hydrogen-bond acceptors (Lipinski definition) is 6. The Labute approximate surface area is 106 Å². The summed E-state index contributed by atoms with van der Waals surface area (Å²) in [5, 5.41) is 7.20. The fourth-order valence-corrected chi connectivity index (χ4v) is 3.83. The Balaban J connectivity index is 2.80. The smallest absolute Gasteiger partial charge is 0.270 e. The van der Waals surface area contributed by atoms with E-state index in [9.17, 15) is 8.42 Å². The number of nitrogens with one attached hydrogen (secondary N) is 1. The molecule has 98 valence electrons. The van der Waals surface area contributed by atoms with Crippen LogP contribution >= 0.6 is 11.3 Å². The maximum absolute atomic E-state index is 11.9. The normalized spacial score (nSPS) is 14.1. The van der Waals surface area contributed by atoms with Crippen LogP contribution in [0.4, 0.5) is 5.13 Å². The standard InChI is InChI=1S/C9H18N4O2S2/c1-4-7(5-2)6(3)13-17(14,15)9-12-11-8(10)16-9/h6-7,13H,4-5H2,1-3H3,(H2,10,11). The quantitative estimate of drug-likeness (QED) is 0.815. The third-order valence-electron chi connectivity index (χ3n) is 2.75. The number of nitrogen functional groups attached to an aromatic ring is 1. The first-order valence-electron chi connectivity index (χ1n) is 5.52. The number of hydrogen-bond donors (Lipinski definition) is 2. The zero-order valence-corrected chi connectivity index (χ0v) is 11.8. The fourth-order valence-electron chi connectivity index (χ4n) is 1.72. The maximum Gasteiger partial charge on any atom is 0.270 e. The minimum absolute atomic E-state index is 0.0761. The van der Waals surface area contributed by atoms with Crippen molar-refractivity contribution in [3.8, 4) is 0 Å². The van der Waals surface area contributed by atoms with Gasteiger partial charge < -0.3 is 5.73 Å². The van der Waals surface area contributed by atoms with Gasteiger partial charge in [-0.1, -0.05) is 38.0 Å². The van der Waals surface area contributed by atoms with Crippen molar-refractivity contribution in [1.29, 1.82) is 0 Å².